The van der Waals surface area contributed by atoms with Gasteiger partial charge in [0, 0.05) is 25.5 Å². The molecule has 0 bridgehead atoms. The molecule has 4 rings (SSSR count). The van der Waals surface area contributed by atoms with Crippen LogP contribution in [0.1, 0.15) is 44.0 Å². The van der Waals surface area contributed by atoms with Crippen molar-refractivity contribution in [1.29, 1.82) is 0 Å². The Balaban J connectivity index is 1.64. The van der Waals surface area contributed by atoms with Crippen LogP contribution in [0.3, 0.4) is 0 Å². The molecule has 0 saturated carbocycles. The Morgan fingerprint density at radius 3 is 3.00 bits per heavy atom. The highest BCUT2D eigenvalue weighted by Crippen LogP contribution is 2.29. The Morgan fingerprint density at radius 2 is 2.24 bits per heavy atom. The summed E-state index contributed by atoms with van der Waals surface area (Å²) in [6.07, 6.45) is 8.96. The van der Waals surface area contributed by atoms with E-state index < -0.39 is 5.60 Å². The number of carbonyl (C=O) groups excluding carboxylic acids is 1. The molecule has 1 amide bonds. The molecule has 0 aromatic carbocycles. The molecule has 0 spiro atoms. The number of nitrogens with one attached hydrogen (secondary N) is 1. The first-order valence-corrected chi connectivity index (χ1v) is 9.95. The Hall–Kier alpha value is -2.94. The Bertz CT molecular complexity index is 1020. The third-order valence-corrected chi connectivity index (χ3v) is 5.02. The predicted molar refractivity (Wildman–Crippen MR) is 110 cm³/mol. The summed E-state index contributed by atoms with van der Waals surface area (Å²) >= 11 is 0. The fourth-order valence-corrected chi connectivity index (χ4v) is 3.77. The molecule has 1 atom stereocenters. The first kappa shape index (κ1) is 19.4. The molecular formula is C20H27N7O2. The maximum atomic E-state index is 13.0. The summed E-state index contributed by atoms with van der Waals surface area (Å²) < 4.78 is 3.26. The van der Waals surface area contributed by atoms with Gasteiger partial charge in [0.25, 0.3) is 5.91 Å². The lowest BCUT2D eigenvalue weighted by atomic mass is 10.0. The van der Waals surface area contributed by atoms with E-state index in [0.29, 0.717) is 29.4 Å². The predicted octanol–water partition coefficient (Wildman–Crippen LogP) is 2.19. The van der Waals surface area contributed by atoms with Crippen molar-refractivity contribution in [2.75, 3.05) is 23.3 Å². The summed E-state index contributed by atoms with van der Waals surface area (Å²) in [6.45, 7) is 7.81. The molecule has 0 aliphatic carbocycles. The molecule has 154 valence electrons. The lowest BCUT2D eigenvalue weighted by Gasteiger charge is -2.31. The number of aromatic nitrogens is 5. The molecule has 4 heterocycles. The third-order valence-electron chi connectivity index (χ3n) is 5.02. The maximum Gasteiger partial charge on any atom is 0.261 e. The Labute approximate surface area is 169 Å². The largest absolute Gasteiger partial charge is 0.389 e. The SMILES string of the molecule is CC1CCCN(c2nn(CC(C)(C)O)cc2NC(=O)c2cnn3cccnc23)C1. The van der Waals surface area contributed by atoms with Crippen LogP contribution in [0.5, 0.6) is 0 Å². The van der Waals surface area contributed by atoms with Gasteiger partial charge in [-0.3, -0.25) is 9.48 Å². The molecule has 3 aromatic rings. The number of rotatable bonds is 5. The number of hydrogen-bond donors (Lipinski definition) is 2. The van der Waals surface area contributed by atoms with Crippen LogP contribution in [0.15, 0.2) is 30.9 Å². The summed E-state index contributed by atoms with van der Waals surface area (Å²) in [5.74, 6) is 1.02. The van der Waals surface area contributed by atoms with E-state index in [9.17, 15) is 9.90 Å². The smallest absolute Gasteiger partial charge is 0.261 e. The quantitative estimate of drug-likeness (QED) is 0.684. The molecule has 9 nitrogen and oxygen atoms in total. The number of carbonyl (C=O) groups is 1. The second-order valence-electron chi connectivity index (χ2n) is 8.47. The van der Waals surface area contributed by atoms with Crippen molar-refractivity contribution in [3.8, 4) is 0 Å². The molecule has 9 heteroatoms. The van der Waals surface area contributed by atoms with Gasteiger partial charge in [0.2, 0.25) is 0 Å². The van der Waals surface area contributed by atoms with Crippen LogP contribution in [0.4, 0.5) is 11.5 Å². The highest BCUT2D eigenvalue weighted by Gasteiger charge is 2.25. The van der Waals surface area contributed by atoms with Crippen LogP contribution in [-0.2, 0) is 6.54 Å². The van der Waals surface area contributed by atoms with Gasteiger partial charge in [-0.2, -0.15) is 10.2 Å². The minimum Gasteiger partial charge on any atom is -0.389 e. The molecule has 1 aliphatic rings. The Kier molecular flexibility index (Phi) is 4.99. The van der Waals surface area contributed by atoms with Crippen molar-refractivity contribution in [3.63, 3.8) is 0 Å². The van der Waals surface area contributed by atoms with Gasteiger partial charge in [0.15, 0.2) is 11.5 Å². The van der Waals surface area contributed by atoms with Crippen LogP contribution in [0.2, 0.25) is 0 Å². The van der Waals surface area contributed by atoms with Gasteiger partial charge in [-0.25, -0.2) is 9.50 Å². The van der Waals surface area contributed by atoms with Crippen molar-refractivity contribution in [3.05, 3.63) is 36.4 Å². The van der Waals surface area contributed by atoms with Gasteiger partial charge in [-0.05, 0) is 38.7 Å². The maximum absolute atomic E-state index is 13.0. The number of fused-ring (bicyclic) bond motifs is 1. The van der Waals surface area contributed by atoms with Gasteiger partial charge >= 0.3 is 0 Å². The van der Waals surface area contributed by atoms with Gasteiger partial charge in [-0.1, -0.05) is 6.92 Å². The lowest BCUT2D eigenvalue weighted by Crippen LogP contribution is -2.35. The summed E-state index contributed by atoms with van der Waals surface area (Å²) in [4.78, 5) is 19.4. The lowest BCUT2D eigenvalue weighted by molar-refractivity contribution is 0.0578. The topological polar surface area (TPSA) is 101 Å². The van der Waals surface area contributed by atoms with E-state index in [0.717, 1.165) is 25.3 Å². The zero-order chi connectivity index (χ0) is 20.6. The summed E-state index contributed by atoms with van der Waals surface area (Å²) in [7, 11) is 0. The second kappa shape index (κ2) is 7.47. The zero-order valence-electron chi connectivity index (χ0n) is 17.0. The average molecular weight is 397 g/mol. The monoisotopic (exact) mass is 397 g/mol. The number of aliphatic hydroxyl groups is 1. The van der Waals surface area contributed by atoms with Crippen LogP contribution >= 0.6 is 0 Å². The van der Waals surface area contributed by atoms with Crippen LogP contribution in [0, 0.1) is 5.92 Å². The van der Waals surface area contributed by atoms with Crippen LogP contribution in [-0.4, -0.2) is 54.1 Å². The number of amides is 1. The molecular weight excluding hydrogens is 370 g/mol. The highest BCUT2D eigenvalue weighted by molar-refractivity contribution is 6.09. The van der Waals surface area contributed by atoms with Crippen molar-refractivity contribution in [1.82, 2.24) is 24.4 Å². The summed E-state index contributed by atoms with van der Waals surface area (Å²) in [5.41, 5.74) is 0.621. The minimum absolute atomic E-state index is 0.284. The van der Waals surface area contributed by atoms with Crippen LogP contribution in [0.25, 0.3) is 5.65 Å². The number of hydrogen-bond acceptors (Lipinski definition) is 6. The fraction of sp³-hybridized carbons (Fsp3) is 0.500. The van der Waals surface area contributed by atoms with E-state index in [-0.39, 0.29) is 5.91 Å². The first-order chi connectivity index (χ1) is 13.8. The van der Waals surface area contributed by atoms with Crippen molar-refractivity contribution in [2.45, 2.75) is 45.8 Å². The third kappa shape index (κ3) is 4.24. The minimum atomic E-state index is -0.911. The highest BCUT2D eigenvalue weighted by atomic mass is 16.3. The zero-order valence-corrected chi connectivity index (χ0v) is 17.0. The van der Waals surface area contributed by atoms with Gasteiger partial charge < -0.3 is 15.3 Å². The average Bonchev–Trinajstić information content (AvgIpc) is 3.24. The van der Waals surface area contributed by atoms with Gasteiger partial charge in [0.05, 0.1) is 24.5 Å². The molecule has 3 aromatic heterocycles. The number of piperidine rings is 1. The van der Waals surface area contributed by atoms with E-state index in [4.69, 9.17) is 0 Å². The van der Waals surface area contributed by atoms with Crippen molar-refractivity contribution in [2.24, 2.45) is 5.92 Å². The molecule has 29 heavy (non-hydrogen) atoms. The van der Waals surface area contributed by atoms with E-state index in [1.165, 1.54) is 12.6 Å². The van der Waals surface area contributed by atoms with Crippen molar-refractivity contribution >= 4 is 23.1 Å². The summed E-state index contributed by atoms with van der Waals surface area (Å²) in [5, 5.41) is 22.0. The molecule has 1 saturated heterocycles. The van der Waals surface area contributed by atoms with Crippen LogP contribution < -0.4 is 10.2 Å². The standard InChI is InChI=1S/C20H27N7O2/c1-14-6-4-8-25(11-14)18-16(12-26(24-18)13-20(2,3)29)23-19(28)15-10-22-27-9-5-7-21-17(15)27/h5,7,9-10,12,14,29H,4,6,8,11,13H2,1-3H3,(H,23,28). The van der Waals surface area contributed by atoms with Gasteiger partial charge in [0.1, 0.15) is 11.3 Å². The molecule has 1 unspecified atom stereocenters. The first-order valence-electron chi connectivity index (χ1n) is 9.95. The second-order valence-corrected chi connectivity index (χ2v) is 8.47. The van der Waals surface area contributed by atoms with Crippen molar-refractivity contribution < 1.29 is 9.90 Å². The Morgan fingerprint density at radius 1 is 1.41 bits per heavy atom. The van der Waals surface area contributed by atoms with E-state index in [1.54, 1.807) is 47.7 Å². The number of anilines is 2. The van der Waals surface area contributed by atoms with Gasteiger partial charge in [-0.15, -0.1) is 0 Å². The summed E-state index contributed by atoms with van der Waals surface area (Å²) in [6, 6.07) is 1.76. The van der Waals surface area contributed by atoms with E-state index in [1.807, 2.05) is 0 Å². The molecule has 1 aliphatic heterocycles. The normalized spacial score (nSPS) is 17.7. The molecule has 2 N–H and O–H groups in total. The number of nitrogens with zero attached hydrogens (tertiary/aromatic N) is 6. The fourth-order valence-electron chi connectivity index (χ4n) is 3.77. The molecule has 1 fully saturated rings. The molecule has 0 radical (unpaired) electrons. The van der Waals surface area contributed by atoms with E-state index >= 15 is 0 Å². The van der Waals surface area contributed by atoms with E-state index in [2.05, 4.69) is 32.3 Å².